The molecular formula is C29H36N2O. The van der Waals surface area contributed by atoms with Crippen LogP contribution < -0.4 is 4.74 Å². The normalized spacial score (nSPS) is 12.2. The Morgan fingerprint density at radius 2 is 1.50 bits per heavy atom. The Morgan fingerprint density at radius 3 is 2.16 bits per heavy atom. The smallest absolute Gasteiger partial charge is 0.159 e. The molecule has 0 bridgehead atoms. The zero-order chi connectivity index (χ0) is 22.6. The summed E-state index contributed by atoms with van der Waals surface area (Å²) >= 11 is 0. The first-order chi connectivity index (χ1) is 15.7. The summed E-state index contributed by atoms with van der Waals surface area (Å²) in [6, 6.07) is 16.8. The first kappa shape index (κ1) is 23.7. The van der Waals surface area contributed by atoms with E-state index in [1.807, 2.05) is 36.7 Å². The van der Waals surface area contributed by atoms with Crippen LogP contribution in [0.4, 0.5) is 0 Å². The maximum absolute atomic E-state index is 5.86. The molecule has 0 amide bonds. The summed E-state index contributed by atoms with van der Waals surface area (Å²) in [6.07, 6.45) is 15.1. The minimum absolute atomic E-state index is 0.716. The van der Waals surface area contributed by atoms with Crippen LogP contribution in [0.1, 0.15) is 58.4 Å². The van der Waals surface area contributed by atoms with Crippen molar-refractivity contribution < 1.29 is 4.74 Å². The molecule has 0 aliphatic heterocycles. The van der Waals surface area contributed by atoms with Gasteiger partial charge in [0, 0.05) is 23.5 Å². The molecule has 1 atom stereocenters. The lowest BCUT2D eigenvalue weighted by molar-refractivity contribution is 0.307. The van der Waals surface area contributed by atoms with E-state index < -0.39 is 0 Å². The second-order valence-corrected chi connectivity index (χ2v) is 8.46. The van der Waals surface area contributed by atoms with Gasteiger partial charge in [0.15, 0.2) is 5.82 Å². The van der Waals surface area contributed by atoms with Gasteiger partial charge in [-0.3, -0.25) is 0 Å². The number of unbranched alkanes of at least 4 members (excludes halogenated alkanes) is 2. The summed E-state index contributed by atoms with van der Waals surface area (Å²) in [4.78, 5) is 9.18. The van der Waals surface area contributed by atoms with Gasteiger partial charge in [-0.15, -0.1) is 0 Å². The lowest BCUT2D eigenvalue weighted by atomic mass is 9.97. The average Bonchev–Trinajstić information content (AvgIpc) is 2.84. The molecule has 0 radical (unpaired) electrons. The van der Waals surface area contributed by atoms with Crippen LogP contribution in [0.15, 0.2) is 73.1 Å². The first-order valence-electron chi connectivity index (χ1n) is 12.0. The van der Waals surface area contributed by atoms with Crippen LogP contribution in [0.5, 0.6) is 5.75 Å². The maximum atomic E-state index is 5.86. The molecule has 0 saturated heterocycles. The van der Waals surface area contributed by atoms with Crippen molar-refractivity contribution in [3.05, 3.63) is 78.6 Å². The summed E-state index contributed by atoms with van der Waals surface area (Å²) in [5.41, 5.74) is 4.57. The van der Waals surface area contributed by atoms with Crippen molar-refractivity contribution >= 4 is 0 Å². The molecule has 0 fully saturated rings. The summed E-state index contributed by atoms with van der Waals surface area (Å²) in [5, 5.41) is 0. The Hall–Kier alpha value is -2.94. The van der Waals surface area contributed by atoms with Gasteiger partial charge >= 0.3 is 0 Å². The van der Waals surface area contributed by atoms with Gasteiger partial charge in [-0.05, 0) is 73.4 Å². The topological polar surface area (TPSA) is 35.0 Å². The van der Waals surface area contributed by atoms with E-state index in [2.05, 4.69) is 67.2 Å². The molecule has 2 aromatic carbocycles. The van der Waals surface area contributed by atoms with Gasteiger partial charge < -0.3 is 4.74 Å². The highest BCUT2D eigenvalue weighted by atomic mass is 16.5. The van der Waals surface area contributed by atoms with Gasteiger partial charge in [0.2, 0.25) is 0 Å². The molecule has 32 heavy (non-hydrogen) atoms. The second kappa shape index (κ2) is 12.8. The van der Waals surface area contributed by atoms with Crippen LogP contribution in [-0.2, 0) is 6.42 Å². The highest BCUT2D eigenvalue weighted by molar-refractivity contribution is 5.64. The quantitative estimate of drug-likeness (QED) is 0.217. The van der Waals surface area contributed by atoms with E-state index in [-0.39, 0.29) is 0 Å². The molecule has 0 aliphatic rings. The van der Waals surface area contributed by atoms with Crippen LogP contribution in [0.2, 0.25) is 0 Å². The summed E-state index contributed by atoms with van der Waals surface area (Å²) in [6.45, 7) is 7.45. The van der Waals surface area contributed by atoms with Gasteiger partial charge in [0.25, 0.3) is 0 Å². The van der Waals surface area contributed by atoms with Crippen LogP contribution in [0.3, 0.4) is 0 Å². The summed E-state index contributed by atoms with van der Waals surface area (Å²) in [7, 11) is 0. The maximum Gasteiger partial charge on any atom is 0.159 e. The number of allylic oxidation sites excluding steroid dienone is 2. The Bertz CT molecular complexity index is 944. The lowest BCUT2D eigenvalue weighted by Crippen LogP contribution is -1.97. The zero-order valence-corrected chi connectivity index (χ0v) is 19.8. The van der Waals surface area contributed by atoms with Crippen molar-refractivity contribution in [2.24, 2.45) is 5.92 Å². The third kappa shape index (κ3) is 7.33. The van der Waals surface area contributed by atoms with Crippen LogP contribution in [0.25, 0.3) is 22.5 Å². The molecule has 3 aromatic rings. The van der Waals surface area contributed by atoms with E-state index in [9.17, 15) is 0 Å². The van der Waals surface area contributed by atoms with Gasteiger partial charge in [-0.25, -0.2) is 9.97 Å². The van der Waals surface area contributed by atoms with E-state index >= 15 is 0 Å². The summed E-state index contributed by atoms with van der Waals surface area (Å²) < 4.78 is 5.86. The highest BCUT2D eigenvalue weighted by Crippen LogP contribution is 2.23. The number of nitrogens with zero attached hydrogens (tertiary/aromatic N) is 2. The van der Waals surface area contributed by atoms with E-state index in [0.717, 1.165) is 67.0 Å². The van der Waals surface area contributed by atoms with E-state index in [1.54, 1.807) is 0 Å². The van der Waals surface area contributed by atoms with E-state index in [1.165, 1.54) is 12.0 Å². The number of rotatable bonds is 12. The SMILES string of the molecule is CCC=CCCCCOc1ccc(-c2ncc(-c3ccc(C[C@@H](C)CC)cc3)cn2)cc1. The lowest BCUT2D eigenvalue weighted by Gasteiger charge is -2.09. The van der Waals surface area contributed by atoms with Crippen LogP contribution in [0, 0.1) is 5.92 Å². The van der Waals surface area contributed by atoms with Gasteiger partial charge in [-0.1, -0.05) is 63.6 Å². The molecule has 168 valence electrons. The fourth-order valence-electron chi connectivity index (χ4n) is 3.55. The van der Waals surface area contributed by atoms with Gasteiger partial charge in [-0.2, -0.15) is 0 Å². The highest BCUT2D eigenvalue weighted by Gasteiger charge is 2.06. The van der Waals surface area contributed by atoms with E-state index in [0.29, 0.717) is 5.92 Å². The van der Waals surface area contributed by atoms with Crippen LogP contribution >= 0.6 is 0 Å². The molecule has 0 saturated carbocycles. The number of hydrogen-bond donors (Lipinski definition) is 0. The molecule has 1 aromatic heterocycles. The van der Waals surface area contributed by atoms with Gasteiger partial charge in [0.1, 0.15) is 5.75 Å². The first-order valence-corrected chi connectivity index (χ1v) is 12.0. The molecule has 0 aliphatic carbocycles. The molecule has 0 N–H and O–H groups in total. The van der Waals surface area contributed by atoms with Crippen molar-refractivity contribution in [2.75, 3.05) is 6.61 Å². The predicted octanol–water partition coefficient (Wildman–Crippen LogP) is 7.91. The van der Waals surface area contributed by atoms with Crippen molar-refractivity contribution in [1.82, 2.24) is 9.97 Å². The Balaban J connectivity index is 1.52. The fourth-order valence-corrected chi connectivity index (χ4v) is 3.55. The number of hydrogen-bond acceptors (Lipinski definition) is 3. The fraction of sp³-hybridized carbons (Fsp3) is 0.379. The Kier molecular flexibility index (Phi) is 9.49. The molecule has 3 rings (SSSR count). The number of aromatic nitrogens is 2. The van der Waals surface area contributed by atoms with E-state index in [4.69, 9.17) is 4.74 Å². The second-order valence-electron chi connectivity index (χ2n) is 8.46. The van der Waals surface area contributed by atoms with Crippen molar-refractivity contribution in [2.45, 2.75) is 59.3 Å². The largest absolute Gasteiger partial charge is 0.494 e. The van der Waals surface area contributed by atoms with Crippen LogP contribution in [-0.4, -0.2) is 16.6 Å². The van der Waals surface area contributed by atoms with Crippen molar-refractivity contribution in [3.8, 4) is 28.3 Å². The average molecular weight is 429 g/mol. The minimum atomic E-state index is 0.716. The predicted molar refractivity (Wildman–Crippen MR) is 135 cm³/mol. The Morgan fingerprint density at radius 1 is 0.812 bits per heavy atom. The monoisotopic (exact) mass is 428 g/mol. The van der Waals surface area contributed by atoms with Crippen molar-refractivity contribution in [3.63, 3.8) is 0 Å². The molecule has 3 nitrogen and oxygen atoms in total. The standard InChI is InChI=1S/C29H36N2O/c1-4-6-7-8-9-10-19-32-28-17-15-26(16-18-28)29-30-21-27(22-31-29)25-13-11-24(12-14-25)20-23(3)5-2/h6-7,11-18,21-23H,4-5,8-10,19-20H2,1-3H3/t23-/m0/s1. The number of ether oxygens (including phenoxy) is 1. The third-order valence-corrected chi connectivity index (χ3v) is 5.77. The Labute approximate surface area is 193 Å². The molecule has 1 heterocycles. The molecule has 0 spiro atoms. The summed E-state index contributed by atoms with van der Waals surface area (Å²) in [5.74, 6) is 2.34. The third-order valence-electron chi connectivity index (χ3n) is 5.77. The van der Waals surface area contributed by atoms with Crippen molar-refractivity contribution in [1.29, 1.82) is 0 Å². The molecular weight excluding hydrogens is 392 g/mol. The molecule has 3 heteroatoms. The van der Waals surface area contributed by atoms with Gasteiger partial charge in [0.05, 0.1) is 6.61 Å². The zero-order valence-electron chi connectivity index (χ0n) is 19.8. The minimum Gasteiger partial charge on any atom is -0.494 e. The number of benzene rings is 2. The molecule has 0 unspecified atom stereocenters.